The molecule has 2 aromatic rings. The van der Waals surface area contributed by atoms with Gasteiger partial charge in [0.25, 0.3) is 10.0 Å². The first-order chi connectivity index (χ1) is 13.0. The van der Waals surface area contributed by atoms with Crippen LogP contribution in [0.15, 0.2) is 52.3 Å². The Bertz CT molecular complexity index is 1010. The summed E-state index contributed by atoms with van der Waals surface area (Å²) in [5.41, 5.74) is -0.351. The molecule has 1 aliphatic heterocycles. The number of anilines is 2. The van der Waals surface area contributed by atoms with E-state index in [1.807, 2.05) is 6.92 Å². The van der Waals surface area contributed by atoms with Gasteiger partial charge in [0, 0.05) is 29.3 Å². The van der Waals surface area contributed by atoms with Crippen molar-refractivity contribution in [2.75, 3.05) is 16.2 Å². The fourth-order valence-corrected chi connectivity index (χ4v) is 5.00. The number of sulfonamides is 1. The quantitative estimate of drug-likeness (QED) is 0.786. The van der Waals surface area contributed by atoms with Crippen LogP contribution in [0.2, 0.25) is 0 Å². The zero-order chi connectivity index (χ0) is 20.7. The zero-order valence-corrected chi connectivity index (χ0v) is 16.6. The van der Waals surface area contributed by atoms with E-state index < -0.39 is 21.8 Å². The second-order valence-electron chi connectivity index (χ2n) is 6.37. The van der Waals surface area contributed by atoms with Gasteiger partial charge in [0.1, 0.15) is 0 Å². The molecule has 28 heavy (non-hydrogen) atoms. The van der Waals surface area contributed by atoms with Crippen molar-refractivity contribution in [1.82, 2.24) is 0 Å². The lowest BCUT2D eigenvalue weighted by Crippen LogP contribution is -2.37. The van der Waals surface area contributed by atoms with E-state index in [0.717, 1.165) is 29.2 Å². The molecule has 1 amide bonds. The topological polar surface area (TPSA) is 66.5 Å². The van der Waals surface area contributed by atoms with Gasteiger partial charge in [-0.3, -0.25) is 9.52 Å². The minimum absolute atomic E-state index is 0.0112. The van der Waals surface area contributed by atoms with Gasteiger partial charge >= 0.3 is 6.18 Å². The van der Waals surface area contributed by atoms with Gasteiger partial charge in [0.15, 0.2) is 0 Å². The highest BCUT2D eigenvalue weighted by molar-refractivity contribution is 8.00. The molecule has 0 unspecified atom stereocenters. The third-order valence-corrected chi connectivity index (χ3v) is 6.67. The number of benzene rings is 2. The first-order valence-corrected chi connectivity index (χ1v) is 10.6. The summed E-state index contributed by atoms with van der Waals surface area (Å²) in [6.45, 7) is 3.84. The molecule has 150 valence electrons. The predicted molar refractivity (Wildman–Crippen MR) is 102 cm³/mol. The Morgan fingerprint density at radius 3 is 2.39 bits per heavy atom. The minimum Gasteiger partial charge on any atom is -0.310 e. The lowest BCUT2D eigenvalue weighted by atomic mass is 10.2. The molecular formula is C18H17F3N2O3S2. The molecule has 0 fully saturated rings. The number of carbonyl (C=O) groups excluding carboxylic acids is 1. The molecule has 0 saturated heterocycles. The summed E-state index contributed by atoms with van der Waals surface area (Å²) < 4.78 is 65.5. The van der Waals surface area contributed by atoms with Crippen molar-refractivity contribution in [2.45, 2.75) is 35.1 Å². The van der Waals surface area contributed by atoms with Crippen LogP contribution in [-0.2, 0) is 21.0 Å². The van der Waals surface area contributed by atoms with Crippen molar-refractivity contribution in [3.05, 3.63) is 48.0 Å². The Morgan fingerprint density at radius 1 is 1.18 bits per heavy atom. The van der Waals surface area contributed by atoms with E-state index in [4.69, 9.17) is 0 Å². The maximum absolute atomic E-state index is 12.7. The standard InChI is InChI=1S/C18H17F3N2O3S2/c1-11-10-23(12(2)24)16-9-15(7-8-17(16)27-11)28(25,26)22-14-5-3-13(4-6-14)18(19,20)21/h3-9,11,22H,10H2,1-2H3/t11-/m1/s1. The summed E-state index contributed by atoms with van der Waals surface area (Å²) >= 11 is 1.54. The number of halogens is 3. The molecule has 5 nitrogen and oxygen atoms in total. The van der Waals surface area contributed by atoms with Crippen LogP contribution in [0.5, 0.6) is 0 Å². The van der Waals surface area contributed by atoms with Crippen molar-refractivity contribution < 1.29 is 26.4 Å². The first kappa shape index (κ1) is 20.5. The monoisotopic (exact) mass is 430 g/mol. The van der Waals surface area contributed by atoms with Crippen LogP contribution in [0.1, 0.15) is 19.4 Å². The van der Waals surface area contributed by atoms with Crippen LogP contribution in [0.3, 0.4) is 0 Å². The van der Waals surface area contributed by atoms with Gasteiger partial charge in [0.05, 0.1) is 16.1 Å². The van der Waals surface area contributed by atoms with Gasteiger partial charge in [-0.15, -0.1) is 11.8 Å². The number of hydrogen-bond acceptors (Lipinski definition) is 4. The molecule has 0 aromatic heterocycles. The second-order valence-corrected chi connectivity index (χ2v) is 9.53. The number of nitrogens with zero attached hydrogens (tertiary/aromatic N) is 1. The van der Waals surface area contributed by atoms with E-state index in [-0.39, 0.29) is 21.7 Å². The van der Waals surface area contributed by atoms with E-state index >= 15 is 0 Å². The Balaban J connectivity index is 1.90. The Labute approximate surface area is 165 Å². The lowest BCUT2D eigenvalue weighted by molar-refractivity contribution is -0.137. The average Bonchev–Trinajstić information content (AvgIpc) is 2.59. The summed E-state index contributed by atoms with van der Waals surface area (Å²) in [4.78, 5) is 14.2. The van der Waals surface area contributed by atoms with Gasteiger partial charge in [-0.25, -0.2) is 8.42 Å². The number of thioether (sulfide) groups is 1. The SMILES string of the molecule is CC(=O)N1C[C@@H](C)Sc2ccc(S(=O)(=O)Nc3ccc(C(F)(F)F)cc3)cc21. The molecule has 0 radical (unpaired) electrons. The second kappa shape index (κ2) is 7.32. The van der Waals surface area contributed by atoms with E-state index in [1.165, 1.54) is 24.0 Å². The Kier molecular flexibility index (Phi) is 5.37. The Morgan fingerprint density at radius 2 is 1.82 bits per heavy atom. The summed E-state index contributed by atoms with van der Waals surface area (Å²) in [6, 6.07) is 8.17. The first-order valence-electron chi connectivity index (χ1n) is 8.26. The van der Waals surface area contributed by atoms with Crippen LogP contribution < -0.4 is 9.62 Å². The predicted octanol–water partition coefficient (Wildman–Crippen LogP) is 4.35. The molecule has 1 N–H and O–H groups in total. The van der Waals surface area contributed by atoms with Gasteiger partial charge in [0.2, 0.25) is 5.91 Å². The van der Waals surface area contributed by atoms with Gasteiger partial charge in [-0.2, -0.15) is 13.2 Å². The molecule has 1 aliphatic rings. The third-order valence-electron chi connectivity index (χ3n) is 4.14. The maximum atomic E-state index is 12.7. The van der Waals surface area contributed by atoms with Crippen LogP contribution in [0.4, 0.5) is 24.5 Å². The largest absolute Gasteiger partial charge is 0.416 e. The maximum Gasteiger partial charge on any atom is 0.416 e. The van der Waals surface area contributed by atoms with Gasteiger partial charge in [-0.05, 0) is 42.5 Å². The number of carbonyl (C=O) groups is 1. The number of alkyl halides is 3. The molecule has 0 bridgehead atoms. The van der Waals surface area contributed by atoms with Crippen LogP contribution in [-0.4, -0.2) is 26.1 Å². The Hall–Kier alpha value is -2.20. The molecule has 0 saturated carbocycles. The molecule has 3 rings (SSSR count). The summed E-state index contributed by atoms with van der Waals surface area (Å²) in [5.74, 6) is -0.196. The summed E-state index contributed by atoms with van der Waals surface area (Å²) in [6.07, 6.45) is -4.50. The average molecular weight is 430 g/mol. The summed E-state index contributed by atoms with van der Waals surface area (Å²) in [5, 5.41) is 0.170. The van der Waals surface area contributed by atoms with Crippen LogP contribution in [0.25, 0.3) is 0 Å². The molecule has 2 aromatic carbocycles. The van der Waals surface area contributed by atoms with Crippen molar-refractivity contribution in [3.63, 3.8) is 0 Å². The molecule has 0 aliphatic carbocycles. The van der Waals surface area contributed by atoms with E-state index in [0.29, 0.717) is 12.2 Å². The van der Waals surface area contributed by atoms with E-state index in [1.54, 1.807) is 17.8 Å². The van der Waals surface area contributed by atoms with Crippen molar-refractivity contribution >= 4 is 39.1 Å². The van der Waals surface area contributed by atoms with Gasteiger partial charge in [-0.1, -0.05) is 6.92 Å². The molecular weight excluding hydrogens is 413 g/mol. The number of hydrogen-bond donors (Lipinski definition) is 1. The number of rotatable bonds is 3. The molecule has 1 atom stereocenters. The lowest BCUT2D eigenvalue weighted by Gasteiger charge is -2.32. The van der Waals surface area contributed by atoms with Crippen LogP contribution >= 0.6 is 11.8 Å². The number of amides is 1. The molecule has 1 heterocycles. The van der Waals surface area contributed by atoms with Crippen LogP contribution in [0, 0.1) is 0 Å². The fraction of sp³-hybridized carbons (Fsp3) is 0.278. The van der Waals surface area contributed by atoms with Crippen molar-refractivity contribution in [2.24, 2.45) is 0 Å². The van der Waals surface area contributed by atoms with E-state index in [2.05, 4.69) is 4.72 Å². The third kappa shape index (κ3) is 4.27. The van der Waals surface area contributed by atoms with Crippen molar-refractivity contribution in [3.8, 4) is 0 Å². The minimum atomic E-state index is -4.50. The van der Waals surface area contributed by atoms with Crippen molar-refractivity contribution in [1.29, 1.82) is 0 Å². The highest BCUT2D eigenvalue weighted by atomic mass is 32.2. The smallest absolute Gasteiger partial charge is 0.310 e. The number of fused-ring (bicyclic) bond motifs is 1. The van der Waals surface area contributed by atoms with E-state index in [9.17, 15) is 26.4 Å². The molecule has 10 heteroatoms. The normalized spacial score (nSPS) is 17.2. The highest BCUT2D eigenvalue weighted by Gasteiger charge is 2.30. The fourth-order valence-electron chi connectivity index (χ4n) is 2.82. The molecule has 0 spiro atoms. The van der Waals surface area contributed by atoms with Gasteiger partial charge < -0.3 is 4.90 Å². The highest BCUT2D eigenvalue weighted by Crippen LogP contribution is 2.40. The number of nitrogens with one attached hydrogen (secondary N) is 1. The summed E-state index contributed by atoms with van der Waals surface area (Å²) in [7, 11) is -4.04. The zero-order valence-electron chi connectivity index (χ0n) is 14.9.